The van der Waals surface area contributed by atoms with E-state index in [1.54, 1.807) is 18.2 Å². The largest absolute Gasteiger partial charge is 0.240 e. The first-order chi connectivity index (χ1) is 11.9. The maximum absolute atomic E-state index is 11.0. The second-order valence-corrected chi connectivity index (χ2v) is 9.88. The molecule has 1 aliphatic rings. The quantitative estimate of drug-likeness (QED) is 0.401. The first-order valence-corrected chi connectivity index (χ1v) is 10.9. The molecule has 6 nitrogen and oxygen atoms in total. The maximum Gasteiger partial charge on any atom is 0.240 e. The summed E-state index contributed by atoms with van der Waals surface area (Å²) in [6.07, 6.45) is 6.69. The standard InChI is InChI=1S/C18H16IN3O3/c1-11-5-15(20-8-23)7-19(6-11)16-14(4)17(21-9-24)12(2)13(3)18(16)22-10-25/h5-7,15H,1-4H3. The lowest BCUT2D eigenvalue weighted by atomic mass is 10.0. The predicted octanol–water partition coefficient (Wildman–Crippen LogP) is 3.49. The Morgan fingerprint density at radius 1 is 0.880 bits per heavy atom. The number of rotatable bonds is 4. The maximum atomic E-state index is 11.0. The van der Waals surface area contributed by atoms with Gasteiger partial charge in [0.05, 0.1) is 11.4 Å². The Morgan fingerprint density at radius 3 is 2.08 bits per heavy atom. The Bertz CT molecular complexity index is 1010. The first kappa shape index (κ1) is 18.9. The topological polar surface area (TPSA) is 88.3 Å². The van der Waals surface area contributed by atoms with E-state index in [0.717, 1.165) is 25.8 Å². The molecule has 0 spiro atoms. The number of nitrogens with zero attached hydrogens (tertiary/aromatic N) is 3. The van der Waals surface area contributed by atoms with Crippen molar-refractivity contribution in [3.8, 4) is 0 Å². The normalized spacial score (nSPS) is 16.3. The zero-order chi connectivity index (χ0) is 18.6. The summed E-state index contributed by atoms with van der Waals surface area (Å²) < 4.78 is 5.04. The molecule has 128 valence electrons. The van der Waals surface area contributed by atoms with E-state index in [4.69, 9.17) is 0 Å². The molecular formula is C18H16IN3O3. The average molecular weight is 449 g/mol. The van der Waals surface area contributed by atoms with Crippen molar-refractivity contribution in [1.29, 1.82) is 0 Å². The van der Waals surface area contributed by atoms with Crippen LogP contribution in [0.15, 0.2) is 26.6 Å². The van der Waals surface area contributed by atoms with Gasteiger partial charge in [-0.05, 0) is 58.0 Å². The molecule has 0 amide bonds. The number of halogens is 1. The number of allylic oxidation sites excluding steroid dienone is 1. The molecule has 1 heterocycles. The highest BCUT2D eigenvalue weighted by molar-refractivity contribution is 14.2. The molecule has 0 N–H and O–H groups in total. The zero-order valence-electron chi connectivity index (χ0n) is 14.3. The lowest BCUT2D eigenvalue weighted by molar-refractivity contribution is 0.562. The summed E-state index contributed by atoms with van der Waals surface area (Å²) in [5, 5.41) is 0. The zero-order valence-corrected chi connectivity index (χ0v) is 16.4. The number of carbonyl (C=O) groups excluding carboxylic acids is 3. The second kappa shape index (κ2) is 8.10. The molecule has 1 aliphatic heterocycles. The van der Waals surface area contributed by atoms with E-state index in [-0.39, 0.29) is 6.04 Å². The summed E-state index contributed by atoms with van der Waals surface area (Å²) in [6, 6.07) is -0.347. The lowest BCUT2D eigenvalue weighted by Gasteiger charge is -2.18. The van der Waals surface area contributed by atoms with Crippen LogP contribution in [0.5, 0.6) is 0 Å². The van der Waals surface area contributed by atoms with Gasteiger partial charge in [0, 0.05) is 3.57 Å². The van der Waals surface area contributed by atoms with Gasteiger partial charge in [0.25, 0.3) is 0 Å². The van der Waals surface area contributed by atoms with Crippen molar-refractivity contribution >= 4 is 56.5 Å². The van der Waals surface area contributed by atoms with Crippen molar-refractivity contribution in [3.63, 3.8) is 0 Å². The third-order valence-corrected chi connectivity index (χ3v) is 9.62. The summed E-state index contributed by atoms with van der Waals surface area (Å²) in [5.41, 5.74) is 4.48. The molecule has 1 aromatic rings. The van der Waals surface area contributed by atoms with Crippen LogP contribution in [0, 0.1) is 24.3 Å². The van der Waals surface area contributed by atoms with Crippen molar-refractivity contribution in [2.75, 3.05) is 0 Å². The van der Waals surface area contributed by atoms with Gasteiger partial charge in [0.15, 0.2) is 0 Å². The SMILES string of the molecule is CC1=CC(N=C=O)C=I(c2c(C)c(N=C=O)c(C)c(C)c2N=C=O)=C1. The fourth-order valence-corrected chi connectivity index (χ4v) is 8.30. The molecule has 0 bridgehead atoms. The Kier molecular flexibility index (Phi) is 6.12. The van der Waals surface area contributed by atoms with Gasteiger partial charge in [-0.3, -0.25) is 0 Å². The minimum atomic E-state index is -2.11. The molecule has 0 aliphatic carbocycles. The molecule has 0 saturated heterocycles. The molecule has 2 rings (SSSR count). The minimum Gasteiger partial charge on any atom is -0.211 e. The van der Waals surface area contributed by atoms with Crippen LogP contribution in [-0.4, -0.2) is 32.3 Å². The van der Waals surface area contributed by atoms with E-state index in [1.807, 2.05) is 37.8 Å². The van der Waals surface area contributed by atoms with Gasteiger partial charge in [0.1, 0.15) is 6.04 Å². The van der Waals surface area contributed by atoms with Crippen molar-refractivity contribution in [2.24, 2.45) is 15.0 Å². The highest BCUT2D eigenvalue weighted by atomic mass is 127. The number of benzene rings is 1. The summed E-state index contributed by atoms with van der Waals surface area (Å²) in [4.78, 5) is 44.0. The minimum absolute atomic E-state index is 0.347. The predicted molar refractivity (Wildman–Crippen MR) is 107 cm³/mol. The van der Waals surface area contributed by atoms with Gasteiger partial charge in [-0.15, -0.1) is 18.9 Å². The van der Waals surface area contributed by atoms with E-state index in [9.17, 15) is 14.4 Å². The molecule has 7 heteroatoms. The van der Waals surface area contributed by atoms with Crippen LogP contribution >= 0.6 is 18.9 Å². The smallest absolute Gasteiger partial charge is 0.211 e. The monoisotopic (exact) mass is 449 g/mol. The van der Waals surface area contributed by atoms with E-state index in [0.29, 0.717) is 11.4 Å². The fraction of sp³-hybridized carbons (Fsp3) is 0.278. The van der Waals surface area contributed by atoms with Crippen LogP contribution in [-0.2, 0) is 14.4 Å². The summed E-state index contributed by atoms with van der Waals surface area (Å²) in [6.45, 7) is 7.46. The second-order valence-electron chi connectivity index (χ2n) is 5.49. The number of hydrogen-bond acceptors (Lipinski definition) is 6. The van der Waals surface area contributed by atoms with Crippen LogP contribution in [0.2, 0.25) is 0 Å². The third-order valence-electron chi connectivity index (χ3n) is 3.89. The summed E-state index contributed by atoms with van der Waals surface area (Å²) in [5.74, 6) is 0. The average Bonchev–Trinajstić information content (AvgIpc) is 2.56. The molecule has 1 aromatic carbocycles. The summed E-state index contributed by atoms with van der Waals surface area (Å²) in [7, 11) is 0. The van der Waals surface area contributed by atoms with Crippen LogP contribution in [0.25, 0.3) is 0 Å². The van der Waals surface area contributed by atoms with Crippen LogP contribution < -0.4 is 0 Å². The molecule has 1 atom stereocenters. The van der Waals surface area contributed by atoms with Crippen molar-refractivity contribution in [3.05, 3.63) is 31.9 Å². The van der Waals surface area contributed by atoms with Gasteiger partial charge < -0.3 is 0 Å². The molecule has 0 saturated carbocycles. The Balaban J connectivity index is 2.96. The van der Waals surface area contributed by atoms with E-state index >= 15 is 0 Å². The molecule has 25 heavy (non-hydrogen) atoms. The third kappa shape index (κ3) is 3.81. The number of aliphatic imine (C=N–C) groups is 3. The molecular weight excluding hydrogens is 433 g/mol. The van der Waals surface area contributed by atoms with Crippen LogP contribution in [0.3, 0.4) is 0 Å². The van der Waals surface area contributed by atoms with Gasteiger partial charge >= 0.3 is 0 Å². The fourth-order valence-electron chi connectivity index (χ4n) is 2.69. The van der Waals surface area contributed by atoms with E-state index in [2.05, 4.69) is 19.0 Å². The van der Waals surface area contributed by atoms with Crippen LogP contribution in [0.1, 0.15) is 23.6 Å². The Labute approximate surface area is 151 Å². The highest BCUT2D eigenvalue weighted by Gasteiger charge is 2.19. The summed E-state index contributed by atoms with van der Waals surface area (Å²) >= 11 is -2.11. The van der Waals surface area contributed by atoms with Crippen molar-refractivity contribution in [1.82, 2.24) is 0 Å². The van der Waals surface area contributed by atoms with Gasteiger partial charge in [-0.25, -0.2) is 14.4 Å². The molecule has 0 fully saturated rings. The van der Waals surface area contributed by atoms with Crippen molar-refractivity contribution < 1.29 is 14.4 Å². The lowest BCUT2D eigenvalue weighted by Crippen LogP contribution is -2.06. The van der Waals surface area contributed by atoms with E-state index < -0.39 is 18.9 Å². The molecule has 0 radical (unpaired) electrons. The van der Waals surface area contributed by atoms with Crippen LogP contribution in [0.4, 0.5) is 11.4 Å². The number of isocyanates is 3. The van der Waals surface area contributed by atoms with E-state index in [1.165, 1.54) is 0 Å². The molecule has 1 unspecified atom stereocenters. The first-order valence-electron chi connectivity index (χ1n) is 7.36. The molecule has 0 aromatic heterocycles. The van der Waals surface area contributed by atoms with Gasteiger partial charge in [-0.1, -0.05) is 6.08 Å². The highest BCUT2D eigenvalue weighted by Crippen LogP contribution is 2.43. The van der Waals surface area contributed by atoms with Crippen molar-refractivity contribution in [2.45, 2.75) is 33.7 Å². The Morgan fingerprint density at radius 2 is 1.48 bits per heavy atom. The number of hydrogen-bond donors (Lipinski definition) is 0. The van der Waals surface area contributed by atoms with Gasteiger partial charge in [-0.2, -0.15) is 15.0 Å². The Hall–Kier alpha value is -2.43. The van der Waals surface area contributed by atoms with Gasteiger partial charge in [0.2, 0.25) is 18.2 Å².